The van der Waals surface area contributed by atoms with E-state index in [0.717, 1.165) is 42.7 Å². The molecule has 31 heavy (non-hydrogen) atoms. The second kappa shape index (κ2) is 8.71. The van der Waals surface area contributed by atoms with Crippen LogP contribution < -0.4 is 5.32 Å². The van der Waals surface area contributed by atoms with Gasteiger partial charge in [0.1, 0.15) is 0 Å². The molecule has 7 nitrogen and oxygen atoms in total. The standard InChI is InChI=1S/C24H27N5O2/c1-16-10-11-21(17(2)14-16)29-26-18(3)22(27-29)23(30)25-20-9-7-8-19(15-20)24(31)28-12-5-4-6-13-28/h7-11,14-15H,4-6,12-13H2,1-3H3,(H,25,30). The van der Waals surface area contributed by atoms with E-state index in [4.69, 9.17) is 0 Å². The summed E-state index contributed by atoms with van der Waals surface area (Å²) in [6.07, 6.45) is 3.25. The first kappa shape index (κ1) is 20.8. The van der Waals surface area contributed by atoms with E-state index < -0.39 is 0 Å². The number of rotatable bonds is 4. The summed E-state index contributed by atoms with van der Waals surface area (Å²) < 4.78 is 0. The molecule has 0 unspecified atom stereocenters. The van der Waals surface area contributed by atoms with Gasteiger partial charge < -0.3 is 10.2 Å². The topological polar surface area (TPSA) is 80.1 Å². The van der Waals surface area contributed by atoms with Crippen LogP contribution in [0.1, 0.15) is 56.9 Å². The van der Waals surface area contributed by atoms with Crippen LogP contribution in [0, 0.1) is 20.8 Å². The van der Waals surface area contributed by atoms with E-state index in [1.165, 1.54) is 11.2 Å². The third-order valence-corrected chi connectivity index (χ3v) is 5.58. The fraction of sp³-hybridized carbons (Fsp3) is 0.333. The zero-order valence-electron chi connectivity index (χ0n) is 18.2. The van der Waals surface area contributed by atoms with E-state index in [1.54, 1.807) is 31.2 Å². The molecule has 2 heterocycles. The minimum Gasteiger partial charge on any atom is -0.339 e. The zero-order valence-corrected chi connectivity index (χ0v) is 18.2. The van der Waals surface area contributed by atoms with Crippen molar-refractivity contribution in [2.75, 3.05) is 18.4 Å². The van der Waals surface area contributed by atoms with Crippen molar-refractivity contribution in [3.05, 3.63) is 70.5 Å². The molecule has 1 aromatic heterocycles. The summed E-state index contributed by atoms with van der Waals surface area (Å²) >= 11 is 0. The van der Waals surface area contributed by atoms with Gasteiger partial charge in [-0.05, 0) is 69.9 Å². The van der Waals surface area contributed by atoms with Gasteiger partial charge in [-0.25, -0.2) is 0 Å². The lowest BCUT2D eigenvalue weighted by molar-refractivity contribution is 0.0724. The van der Waals surface area contributed by atoms with E-state index in [0.29, 0.717) is 16.9 Å². The van der Waals surface area contributed by atoms with Crippen molar-refractivity contribution >= 4 is 17.5 Å². The third-order valence-electron chi connectivity index (χ3n) is 5.58. The van der Waals surface area contributed by atoms with Crippen LogP contribution in [0.4, 0.5) is 5.69 Å². The SMILES string of the molecule is Cc1ccc(-n2nc(C)c(C(=O)Nc3cccc(C(=O)N4CCCCC4)c3)n2)c(C)c1. The van der Waals surface area contributed by atoms with E-state index >= 15 is 0 Å². The van der Waals surface area contributed by atoms with E-state index in [2.05, 4.69) is 21.6 Å². The molecule has 7 heteroatoms. The molecule has 0 radical (unpaired) electrons. The summed E-state index contributed by atoms with van der Waals surface area (Å²) in [7, 11) is 0. The van der Waals surface area contributed by atoms with Crippen LogP contribution in [0.15, 0.2) is 42.5 Å². The molecule has 0 atom stereocenters. The van der Waals surface area contributed by atoms with E-state index in [1.807, 2.05) is 30.9 Å². The van der Waals surface area contributed by atoms with Gasteiger partial charge in [0.25, 0.3) is 11.8 Å². The van der Waals surface area contributed by atoms with Crippen LogP contribution in [0.2, 0.25) is 0 Å². The first-order valence-electron chi connectivity index (χ1n) is 10.6. The average molecular weight is 418 g/mol. The van der Waals surface area contributed by atoms with Crippen molar-refractivity contribution in [3.8, 4) is 5.69 Å². The highest BCUT2D eigenvalue weighted by molar-refractivity contribution is 6.04. The van der Waals surface area contributed by atoms with E-state index in [-0.39, 0.29) is 17.5 Å². The number of carbonyl (C=O) groups is 2. The van der Waals surface area contributed by atoms with Gasteiger partial charge in [-0.1, -0.05) is 23.8 Å². The zero-order chi connectivity index (χ0) is 22.0. The number of anilines is 1. The summed E-state index contributed by atoms with van der Waals surface area (Å²) in [5.74, 6) is -0.344. The predicted molar refractivity (Wildman–Crippen MR) is 120 cm³/mol. The maximum absolute atomic E-state index is 12.9. The Morgan fingerprint density at radius 2 is 1.71 bits per heavy atom. The normalized spacial score (nSPS) is 13.8. The number of likely N-dealkylation sites (tertiary alicyclic amines) is 1. The summed E-state index contributed by atoms with van der Waals surface area (Å²) in [4.78, 5) is 29.0. The molecule has 1 aliphatic rings. The smallest absolute Gasteiger partial charge is 0.278 e. The van der Waals surface area contributed by atoms with Gasteiger partial charge in [-0.15, -0.1) is 5.10 Å². The molecule has 160 valence electrons. The highest BCUT2D eigenvalue weighted by atomic mass is 16.2. The molecule has 1 saturated heterocycles. The average Bonchev–Trinajstić information content (AvgIpc) is 3.15. The minimum absolute atomic E-state index is 0.00719. The first-order chi connectivity index (χ1) is 14.9. The number of hydrogen-bond donors (Lipinski definition) is 1. The molecule has 1 N–H and O–H groups in total. The number of nitrogens with zero attached hydrogens (tertiary/aromatic N) is 4. The van der Waals surface area contributed by atoms with Crippen molar-refractivity contribution in [2.45, 2.75) is 40.0 Å². The molecule has 0 bridgehead atoms. The largest absolute Gasteiger partial charge is 0.339 e. The molecule has 2 aromatic carbocycles. The number of aryl methyl sites for hydroxylation is 3. The van der Waals surface area contributed by atoms with Crippen LogP contribution in [0.25, 0.3) is 5.69 Å². The summed E-state index contributed by atoms with van der Waals surface area (Å²) in [5, 5.41) is 11.7. The molecule has 1 fully saturated rings. The van der Waals surface area contributed by atoms with Gasteiger partial charge in [-0.2, -0.15) is 9.90 Å². The Balaban J connectivity index is 1.52. The first-order valence-corrected chi connectivity index (χ1v) is 10.6. The number of hydrogen-bond acceptors (Lipinski definition) is 4. The Morgan fingerprint density at radius 1 is 0.935 bits per heavy atom. The maximum Gasteiger partial charge on any atom is 0.278 e. The third kappa shape index (κ3) is 4.50. The molecule has 2 amide bonds. The molecule has 3 aromatic rings. The van der Waals surface area contributed by atoms with Gasteiger partial charge >= 0.3 is 0 Å². The van der Waals surface area contributed by atoms with E-state index in [9.17, 15) is 9.59 Å². The second-order valence-electron chi connectivity index (χ2n) is 8.10. The molecule has 4 rings (SSSR count). The molecule has 0 spiro atoms. The minimum atomic E-state index is -0.351. The highest BCUT2D eigenvalue weighted by Crippen LogP contribution is 2.19. The monoisotopic (exact) mass is 417 g/mol. The number of aromatic nitrogens is 3. The lowest BCUT2D eigenvalue weighted by Crippen LogP contribution is -2.35. The quantitative estimate of drug-likeness (QED) is 0.694. The van der Waals surface area contributed by atoms with Crippen molar-refractivity contribution in [1.82, 2.24) is 19.9 Å². The van der Waals surface area contributed by atoms with Crippen LogP contribution >= 0.6 is 0 Å². The van der Waals surface area contributed by atoms with Crippen LogP contribution in [0.5, 0.6) is 0 Å². The summed E-state index contributed by atoms with van der Waals surface area (Å²) in [6, 6.07) is 13.1. The Bertz CT molecular complexity index is 1130. The fourth-order valence-electron chi connectivity index (χ4n) is 3.93. The summed E-state index contributed by atoms with van der Waals surface area (Å²) in [6.45, 7) is 7.36. The Labute approximate surface area is 182 Å². The van der Waals surface area contributed by atoms with Crippen LogP contribution in [-0.2, 0) is 0 Å². The molecule has 0 aliphatic carbocycles. The molecular weight excluding hydrogens is 390 g/mol. The number of benzene rings is 2. The number of nitrogens with one attached hydrogen (secondary N) is 1. The van der Waals surface area contributed by atoms with Gasteiger partial charge in [0.05, 0.1) is 11.4 Å². The Hall–Kier alpha value is -3.48. The number of carbonyl (C=O) groups excluding carboxylic acids is 2. The van der Waals surface area contributed by atoms with Crippen molar-refractivity contribution in [2.24, 2.45) is 0 Å². The molecular formula is C24H27N5O2. The van der Waals surface area contributed by atoms with Gasteiger partial charge in [0.15, 0.2) is 5.69 Å². The lowest BCUT2D eigenvalue weighted by atomic mass is 10.1. The number of piperidine rings is 1. The van der Waals surface area contributed by atoms with Gasteiger partial charge in [0, 0.05) is 24.3 Å². The van der Waals surface area contributed by atoms with Gasteiger partial charge in [0.2, 0.25) is 0 Å². The lowest BCUT2D eigenvalue weighted by Gasteiger charge is -2.26. The van der Waals surface area contributed by atoms with Crippen LogP contribution in [0.3, 0.4) is 0 Å². The van der Waals surface area contributed by atoms with Crippen molar-refractivity contribution in [1.29, 1.82) is 0 Å². The van der Waals surface area contributed by atoms with Crippen molar-refractivity contribution < 1.29 is 9.59 Å². The Morgan fingerprint density at radius 3 is 2.45 bits per heavy atom. The predicted octanol–water partition coefficient (Wildman–Crippen LogP) is 4.07. The fourth-order valence-corrected chi connectivity index (χ4v) is 3.93. The van der Waals surface area contributed by atoms with Crippen molar-refractivity contribution in [3.63, 3.8) is 0 Å². The second-order valence-corrected chi connectivity index (χ2v) is 8.10. The number of amides is 2. The molecule has 0 saturated carbocycles. The highest BCUT2D eigenvalue weighted by Gasteiger charge is 2.20. The Kier molecular flexibility index (Phi) is 5.84. The van der Waals surface area contributed by atoms with Gasteiger partial charge in [-0.3, -0.25) is 9.59 Å². The summed E-state index contributed by atoms with van der Waals surface area (Å²) in [5.41, 5.74) is 4.96. The van der Waals surface area contributed by atoms with Crippen LogP contribution in [-0.4, -0.2) is 44.8 Å². The maximum atomic E-state index is 12.9. The molecule has 1 aliphatic heterocycles.